The summed E-state index contributed by atoms with van der Waals surface area (Å²) < 4.78 is 0. The lowest BCUT2D eigenvalue weighted by molar-refractivity contribution is -0.113. The third kappa shape index (κ3) is 1.61. The Morgan fingerprint density at radius 3 is 2.70 bits per heavy atom. The number of thiocarbonyl (C=S) groups is 1. The third-order valence-corrected chi connectivity index (χ3v) is 1.68. The van der Waals surface area contributed by atoms with Gasteiger partial charge in [-0.05, 0) is 13.0 Å². The van der Waals surface area contributed by atoms with Gasteiger partial charge in [-0.1, -0.05) is 24.4 Å². The minimum atomic E-state index is 0.110. The Hall–Kier alpha value is -0.760. The van der Waals surface area contributed by atoms with Crippen LogP contribution in [0, 0.1) is 0 Å². The first-order valence-electron chi connectivity index (χ1n) is 3.12. The van der Waals surface area contributed by atoms with Crippen LogP contribution in [0.2, 0.25) is 0 Å². The van der Waals surface area contributed by atoms with E-state index in [-0.39, 0.29) is 5.78 Å². The number of carbonyl (C=O) groups excluding carboxylic acids is 1. The summed E-state index contributed by atoms with van der Waals surface area (Å²) in [5.41, 5.74) is 0.772. The Kier molecular flexibility index (Phi) is 2.12. The van der Waals surface area contributed by atoms with Crippen LogP contribution in [0.5, 0.6) is 0 Å². The average molecular weight is 152 g/mol. The number of hydrogen-bond acceptors (Lipinski definition) is 2. The molecule has 0 aromatic rings. The fraction of sp³-hybridized carbons (Fsp3) is 0.250. The van der Waals surface area contributed by atoms with Gasteiger partial charge in [0.2, 0.25) is 0 Å². The molecule has 10 heavy (non-hydrogen) atoms. The molecule has 0 aromatic carbocycles. The summed E-state index contributed by atoms with van der Waals surface area (Å²) in [6.45, 7) is 1.56. The summed E-state index contributed by atoms with van der Waals surface area (Å²) in [4.78, 5) is 11.6. The molecule has 0 radical (unpaired) electrons. The lowest BCUT2D eigenvalue weighted by Gasteiger charge is -2.02. The molecule has 0 unspecified atom stereocenters. The van der Waals surface area contributed by atoms with Crippen molar-refractivity contribution >= 4 is 22.9 Å². The number of rotatable bonds is 1. The lowest BCUT2D eigenvalue weighted by atomic mass is 10.0. The van der Waals surface area contributed by atoms with Crippen molar-refractivity contribution in [1.29, 1.82) is 0 Å². The number of allylic oxidation sites excluding steroid dienone is 4. The van der Waals surface area contributed by atoms with Crippen molar-refractivity contribution in [2.75, 3.05) is 0 Å². The predicted molar refractivity (Wildman–Crippen MR) is 45.1 cm³/mol. The molecule has 0 fully saturated rings. The zero-order valence-corrected chi connectivity index (χ0v) is 6.57. The van der Waals surface area contributed by atoms with Crippen LogP contribution in [-0.4, -0.2) is 10.6 Å². The number of carbonyl (C=O) groups is 1. The van der Waals surface area contributed by atoms with Crippen LogP contribution >= 0.6 is 12.2 Å². The number of hydrogen-bond donors (Lipinski definition) is 0. The standard InChI is InChI=1S/C8H8OS/c1-6(9)7-2-4-8(10)5-3-7/h2-4H,5H2,1H3. The quantitative estimate of drug-likeness (QED) is 0.533. The molecule has 0 heterocycles. The van der Waals surface area contributed by atoms with Gasteiger partial charge in [0.1, 0.15) is 0 Å². The largest absolute Gasteiger partial charge is 0.295 e. The smallest absolute Gasteiger partial charge is 0.159 e. The van der Waals surface area contributed by atoms with Gasteiger partial charge in [0.25, 0.3) is 0 Å². The zero-order valence-electron chi connectivity index (χ0n) is 5.76. The summed E-state index contributed by atoms with van der Waals surface area (Å²) in [6, 6.07) is 0. The molecule has 0 aliphatic heterocycles. The van der Waals surface area contributed by atoms with E-state index in [0.29, 0.717) is 0 Å². The van der Waals surface area contributed by atoms with Crippen molar-refractivity contribution in [3.63, 3.8) is 0 Å². The van der Waals surface area contributed by atoms with Crippen molar-refractivity contribution in [1.82, 2.24) is 0 Å². The van der Waals surface area contributed by atoms with Gasteiger partial charge in [0.15, 0.2) is 5.78 Å². The van der Waals surface area contributed by atoms with Crippen molar-refractivity contribution in [2.24, 2.45) is 0 Å². The summed E-state index contributed by atoms with van der Waals surface area (Å²) in [6.07, 6.45) is 6.19. The van der Waals surface area contributed by atoms with Gasteiger partial charge < -0.3 is 0 Å². The Labute approximate surface area is 65.4 Å². The van der Waals surface area contributed by atoms with Crippen LogP contribution in [-0.2, 0) is 4.79 Å². The summed E-state index contributed by atoms with van der Waals surface area (Å²) in [5.74, 6) is 0.110. The molecule has 1 aliphatic rings. The van der Waals surface area contributed by atoms with E-state index in [1.165, 1.54) is 0 Å². The van der Waals surface area contributed by atoms with Gasteiger partial charge in [-0.3, -0.25) is 4.79 Å². The Morgan fingerprint density at radius 2 is 2.30 bits per heavy atom. The maximum Gasteiger partial charge on any atom is 0.159 e. The molecular weight excluding hydrogens is 144 g/mol. The highest BCUT2D eigenvalue weighted by Gasteiger charge is 2.03. The second-order valence-corrected chi connectivity index (χ2v) is 2.74. The summed E-state index contributed by atoms with van der Waals surface area (Å²) in [7, 11) is 0. The minimum Gasteiger partial charge on any atom is -0.295 e. The zero-order chi connectivity index (χ0) is 7.56. The molecule has 1 aliphatic carbocycles. The van der Waals surface area contributed by atoms with E-state index in [0.717, 1.165) is 16.9 Å². The van der Waals surface area contributed by atoms with Crippen molar-refractivity contribution < 1.29 is 4.79 Å². The average Bonchev–Trinajstić information content (AvgIpc) is 1.88. The highest BCUT2D eigenvalue weighted by atomic mass is 32.1. The molecule has 2 heteroatoms. The topological polar surface area (TPSA) is 17.1 Å². The highest BCUT2D eigenvalue weighted by molar-refractivity contribution is 7.80. The number of ketones is 1. The molecule has 52 valence electrons. The molecule has 1 rings (SSSR count). The second-order valence-electron chi connectivity index (χ2n) is 2.22. The van der Waals surface area contributed by atoms with Gasteiger partial charge >= 0.3 is 0 Å². The van der Waals surface area contributed by atoms with Gasteiger partial charge in [-0.15, -0.1) is 0 Å². The van der Waals surface area contributed by atoms with Crippen molar-refractivity contribution in [3.8, 4) is 0 Å². The van der Waals surface area contributed by atoms with E-state index in [9.17, 15) is 4.79 Å². The van der Waals surface area contributed by atoms with Gasteiger partial charge in [-0.25, -0.2) is 0 Å². The first-order valence-corrected chi connectivity index (χ1v) is 3.53. The maximum atomic E-state index is 10.7. The van der Waals surface area contributed by atoms with E-state index in [2.05, 4.69) is 0 Å². The van der Waals surface area contributed by atoms with Crippen LogP contribution in [0.1, 0.15) is 13.3 Å². The fourth-order valence-corrected chi connectivity index (χ4v) is 0.942. The number of Topliss-reactive ketones (excluding diaryl/α,β-unsaturated/α-hetero) is 1. The first-order chi connectivity index (χ1) is 4.70. The molecule has 0 bridgehead atoms. The van der Waals surface area contributed by atoms with Crippen molar-refractivity contribution in [3.05, 3.63) is 23.8 Å². The Morgan fingerprint density at radius 1 is 1.60 bits per heavy atom. The van der Waals surface area contributed by atoms with Crippen LogP contribution in [0.4, 0.5) is 0 Å². The van der Waals surface area contributed by atoms with Gasteiger partial charge in [-0.2, -0.15) is 0 Å². The maximum absolute atomic E-state index is 10.7. The van der Waals surface area contributed by atoms with Crippen molar-refractivity contribution in [2.45, 2.75) is 13.3 Å². The van der Waals surface area contributed by atoms with Crippen LogP contribution < -0.4 is 0 Å². The predicted octanol–water partition coefficient (Wildman–Crippen LogP) is 1.83. The molecule has 0 N–H and O–H groups in total. The molecule has 0 aromatic heterocycles. The summed E-state index contributed by atoms with van der Waals surface area (Å²) in [5, 5.41) is 0. The molecule has 0 saturated heterocycles. The van der Waals surface area contributed by atoms with E-state index < -0.39 is 0 Å². The first kappa shape index (κ1) is 7.35. The Balaban J connectivity index is 2.77. The lowest BCUT2D eigenvalue weighted by Crippen LogP contribution is -2.00. The second kappa shape index (κ2) is 2.88. The molecule has 1 nitrogen and oxygen atoms in total. The molecule has 0 saturated carbocycles. The molecule has 0 atom stereocenters. The van der Waals surface area contributed by atoms with E-state index in [1.807, 2.05) is 12.2 Å². The molecular formula is C8H8OS. The van der Waals surface area contributed by atoms with Gasteiger partial charge in [0, 0.05) is 16.9 Å². The fourth-order valence-electron chi connectivity index (χ4n) is 0.790. The molecule has 0 amide bonds. The Bertz CT molecular complexity index is 236. The van der Waals surface area contributed by atoms with E-state index in [4.69, 9.17) is 12.2 Å². The SMILES string of the molecule is CC(=O)C1=CCC(=S)C=C1. The van der Waals surface area contributed by atoms with Crippen LogP contribution in [0.3, 0.4) is 0 Å². The van der Waals surface area contributed by atoms with E-state index in [1.54, 1.807) is 13.0 Å². The normalized spacial score (nSPS) is 16.9. The van der Waals surface area contributed by atoms with Gasteiger partial charge in [0.05, 0.1) is 0 Å². The van der Waals surface area contributed by atoms with E-state index >= 15 is 0 Å². The third-order valence-electron chi connectivity index (χ3n) is 1.38. The monoisotopic (exact) mass is 152 g/mol. The summed E-state index contributed by atoms with van der Waals surface area (Å²) >= 11 is 4.90. The van der Waals surface area contributed by atoms with Crippen LogP contribution in [0.25, 0.3) is 0 Å². The molecule has 0 spiro atoms. The van der Waals surface area contributed by atoms with Crippen LogP contribution in [0.15, 0.2) is 23.8 Å². The highest BCUT2D eigenvalue weighted by Crippen LogP contribution is 2.08. The minimum absolute atomic E-state index is 0.110.